The molecule has 2 amide bonds. The number of hydrogen-bond acceptors (Lipinski definition) is 9. The lowest BCUT2D eigenvalue weighted by Gasteiger charge is -2.39. The van der Waals surface area contributed by atoms with Gasteiger partial charge in [-0.05, 0) is 39.1 Å². The van der Waals surface area contributed by atoms with E-state index in [0.29, 0.717) is 52.0 Å². The molecule has 0 radical (unpaired) electrons. The average molecular weight is 650 g/mol. The van der Waals surface area contributed by atoms with Crippen LogP contribution in [0.25, 0.3) is 5.69 Å². The number of ether oxygens (including phenoxy) is 1. The summed E-state index contributed by atoms with van der Waals surface area (Å²) in [5, 5.41) is 12.8. The number of aromatic nitrogens is 4. The van der Waals surface area contributed by atoms with Gasteiger partial charge in [0.05, 0.1) is 36.2 Å². The Morgan fingerprint density at radius 2 is 1.85 bits per heavy atom. The summed E-state index contributed by atoms with van der Waals surface area (Å²) < 4.78 is 63.8. The van der Waals surface area contributed by atoms with Crippen molar-refractivity contribution in [2.24, 2.45) is 0 Å². The Balaban J connectivity index is 1.40. The van der Waals surface area contributed by atoms with E-state index in [1.807, 2.05) is 18.9 Å². The molecule has 0 aliphatic carbocycles. The summed E-state index contributed by atoms with van der Waals surface area (Å²) in [6.07, 6.45) is -2.45. The summed E-state index contributed by atoms with van der Waals surface area (Å²) >= 11 is 0. The van der Waals surface area contributed by atoms with Crippen LogP contribution in [0, 0.1) is 5.82 Å². The normalized spacial score (nSPS) is 18.0. The number of hydrogen-bond donors (Lipinski definition) is 3. The number of morpholine rings is 1. The van der Waals surface area contributed by atoms with Gasteiger partial charge in [-0.15, -0.1) is 5.10 Å². The lowest BCUT2D eigenvalue weighted by atomic mass is 10.1. The molecule has 3 aromatic rings. The van der Waals surface area contributed by atoms with Crippen molar-refractivity contribution in [3.05, 3.63) is 63.6 Å². The average Bonchev–Trinajstić information content (AvgIpc) is 3.52. The highest BCUT2D eigenvalue weighted by Gasteiger charge is 2.36. The van der Waals surface area contributed by atoms with Crippen LogP contribution < -0.4 is 21.1 Å². The third-order valence-electron chi connectivity index (χ3n) is 8.13. The Kier molecular flexibility index (Phi) is 10.0. The smallest absolute Gasteiger partial charge is 0.379 e. The molecule has 2 aliphatic heterocycles. The monoisotopic (exact) mass is 649 g/mol. The number of halogens is 4. The first-order valence-electron chi connectivity index (χ1n) is 14.8. The Labute approximate surface area is 261 Å². The number of anilines is 2. The number of amides is 2. The molecule has 2 saturated heterocycles. The van der Waals surface area contributed by atoms with Gasteiger partial charge in [-0.3, -0.25) is 19.3 Å². The van der Waals surface area contributed by atoms with Crippen LogP contribution in [0.2, 0.25) is 0 Å². The zero-order valence-corrected chi connectivity index (χ0v) is 25.4. The van der Waals surface area contributed by atoms with E-state index in [4.69, 9.17) is 4.74 Å². The molecule has 4 heterocycles. The van der Waals surface area contributed by atoms with Crippen molar-refractivity contribution in [2.75, 3.05) is 76.3 Å². The molecule has 17 heteroatoms. The number of pyridine rings is 1. The maximum atomic E-state index is 16.3. The fraction of sp³-hybridized carbons (Fsp3) is 0.483. The SMILES string of the molecule is C[C@H]1CN(c2ccc(-n3cc(C(=O)NCCCN4CCOCC4)nn3)c(F)c2NC(=O)c2c[nH]c(=O)cc2C(F)(F)F)CCN1C. The van der Waals surface area contributed by atoms with Crippen LogP contribution in [0.3, 0.4) is 0 Å². The molecule has 2 aliphatic rings. The molecule has 3 N–H and O–H groups in total. The second-order valence-corrected chi connectivity index (χ2v) is 11.3. The molecule has 0 unspecified atom stereocenters. The van der Waals surface area contributed by atoms with Crippen LogP contribution in [0.1, 0.15) is 39.8 Å². The molecule has 13 nitrogen and oxygen atoms in total. The number of H-pyrrole nitrogens is 1. The second kappa shape index (κ2) is 14.0. The minimum absolute atomic E-state index is 0.0568. The van der Waals surface area contributed by atoms with Crippen molar-refractivity contribution < 1.29 is 31.9 Å². The van der Waals surface area contributed by atoms with Gasteiger partial charge >= 0.3 is 6.18 Å². The van der Waals surface area contributed by atoms with Crippen molar-refractivity contribution in [3.8, 4) is 5.69 Å². The number of nitrogens with one attached hydrogen (secondary N) is 3. The first kappa shape index (κ1) is 33.0. The minimum Gasteiger partial charge on any atom is -0.379 e. The quantitative estimate of drug-likeness (QED) is 0.235. The molecule has 0 bridgehead atoms. The zero-order chi connectivity index (χ0) is 33.0. The van der Waals surface area contributed by atoms with E-state index in [2.05, 4.69) is 35.7 Å². The number of nitrogens with zero attached hydrogens (tertiary/aromatic N) is 6. The highest BCUT2D eigenvalue weighted by molar-refractivity contribution is 6.07. The third kappa shape index (κ3) is 7.54. The fourth-order valence-electron chi connectivity index (χ4n) is 5.36. The van der Waals surface area contributed by atoms with E-state index in [-0.39, 0.29) is 34.9 Å². The number of alkyl halides is 3. The van der Waals surface area contributed by atoms with Gasteiger partial charge in [0.15, 0.2) is 11.5 Å². The van der Waals surface area contributed by atoms with Crippen molar-refractivity contribution in [1.29, 1.82) is 0 Å². The Hall–Kier alpha value is -4.35. The summed E-state index contributed by atoms with van der Waals surface area (Å²) in [4.78, 5) is 45.8. The molecule has 248 valence electrons. The lowest BCUT2D eigenvalue weighted by Crippen LogP contribution is -2.50. The molecular formula is C29H35F4N9O4. The van der Waals surface area contributed by atoms with Crippen molar-refractivity contribution in [1.82, 2.24) is 35.1 Å². The summed E-state index contributed by atoms with van der Waals surface area (Å²) in [5.74, 6) is -2.79. The number of carbonyl (C=O) groups excluding carboxylic acids is 2. The molecule has 46 heavy (non-hydrogen) atoms. The van der Waals surface area contributed by atoms with Gasteiger partial charge in [-0.25, -0.2) is 9.07 Å². The third-order valence-corrected chi connectivity index (χ3v) is 8.13. The van der Waals surface area contributed by atoms with Gasteiger partial charge in [0.1, 0.15) is 11.4 Å². The largest absolute Gasteiger partial charge is 0.417 e. The van der Waals surface area contributed by atoms with E-state index in [1.165, 1.54) is 18.3 Å². The molecule has 5 rings (SSSR count). The van der Waals surface area contributed by atoms with Crippen LogP contribution in [-0.2, 0) is 10.9 Å². The van der Waals surface area contributed by atoms with E-state index in [1.54, 1.807) is 0 Å². The Morgan fingerprint density at radius 3 is 2.57 bits per heavy atom. The van der Waals surface area contributed by atoms with Crippen LogP contribution >= 0.6 is 0 Å². The topological polar surface area (TPSA) is 141 Å². The second-order valence-electron chi connectivity index (χ2n) is 11.3. The predicted octanol–water partition coefficient (Wildman–Crippen LogP) is 1.96. The molecular weight excluding hydrogens is 614 g/mol. The van der Waals surface area contributed by atoms with Crippen LogP contribution in [-0.4, -0.2) is 114 Å². The van der Waals surface area contributed by atoms with Gasteiger partial charge in [0, 0.05) is 57.6 Å². The van der Waals surface area contributed by atoms with Gasteiger partial charge in [-0.2, -0.15) is 13.2 Å². The van der Waals surface area contributed by atoms with Gasteiger partial charge < -0.3 is 30.2 Å². The fourth-order valence-corrected chi connectivity index (χ4v) is 5.36. The van der Waals surface area contributed by atoms with E-state index in [0.717, 1.165) is 24.3 Å². The molecule has 0 spiro atoms. The van der Waals surface area contributed by atoms with Crippen molar-refractivity contribution >= 4 is 23.2 Å². The molecule has 2 fully saturated rings. The standard InChI is InChI=1S/C29H35F4N9O4/c1-18-16-41(9-8-39(18)2)23-5-4-22(25(30)26(23)36-27(44)19-15-35-24(43)14-20(19)29(31,32)33)42-17-21(37-38-42)28(45)34-6-3-7-40-10-12-46-13-11-40/h4-5,14-15,17-18H,3,6-13,16H2,1-2H3,(H,34,45)(H,35,43)(H,36,44)/t18-/m0/s1. The molecule has 2 aromatic heterocycles. The Bertz CT molecular complexity index is 1620. The summed E-state index contributed by atoms with van der Waals surface area (Å²) in [7, 11) is 1.94. The van der Waals surface area contributed by atoms with Gasteiger partial charge in [0.25, 0.3) is 11.8 Å². The highest BCUT2D eigenvalue weighted by Crippen LogP contribution is 2.36. The number of likely N-dealkylation sites (N-methyl/N-ethyl adjacent to an activating group) is 1. The number of piperazine rings is 1. The van der Waals surface area contributed by atoms with Crippen molar-refractivity contribution in [3.63, 3.8) is 0 Å². The number of benzene rings is 1. The Morgan fingerprint density at radius 1 is 1.11 bits per heavy atom. The minimum atomic E-state index is -5.02. The number of aromatic amines is 1. The van der Waals surface area contributed by atoms with Crippen LogP contribution in [0.5, 0.6) is 0 Å². The molecule has 0 saturated carbocycles. The summed E-state index contributed by atoms with van der Waals surface area (Å²) in [5.41, 5.74) is -3.81. The number of rotatable bonds is 9. The van der Waals surface area contributed by atoms with E-state index >= 15 is 4.39 Å². The predicted molar refractivity (Wildman–Crippen MR) is 160 cm³/mol. The van der Waals surface area contributed by atoms with Crippen LogP contribution in [0.4, 0.5) is 28.9 Å². The van der Waals surface area contributed by atoms with Gasteiger partial charge in [0.2, 0.25) is 5.56 Å². The van der Waals surface area contributed by atoms with Crippen molar-refractivity contribution in [2.45, 2.75) is 25.6 Å². The lowest BCUT2D eigenvalue weighted by molar-refractivity contribution is -0.138. The highest BCUT2D eigenvalue weighted by atomic mass is 19.4. The van der Waals surface area contributed by atoms with Gasteiger partial charge in [-0.1, -0.05) is 5.21 Å². The molecule has 1 aromatic carbocycles. The first-order chi connectivity index (χ1) is 21.9. The maximum Gasteiger partial charge on any atom is 0.417 e. The summed E-state index contributed by atoms with van der Waals surface area (Å²) in [6, 6.07) is 3.25. The number of carbonyl (C=O) groups is 2. The van der Waals surface area contributed by atoms with Crippen LogP contribution in [0.15, 0.2) is 35.4 Å². The van der Waals surface area contributed by atoms with E-state index in [9.17, 15) is 27.6 Å². The zero-order valence-electron chi connectivity index (χ0n) is 25.4. The molecule has 1 atom stereocenters. The first-order valence-corrected chi connectivity index (χ1v) is 14.8. The maximum absolute atomic E-state index is 16.3. The summed E-state index contributed by atoms with van der Waals surface area (Å²) in [6.45, 7) is 7.67. The van der Waals surface area contributed by atoms with E-state index < -0.39 is 40.5 Å².